The second-order valence-electron chi connectivity index (χ2n) is 4.32. The molecule has 0 aromatic heterocycles. The molecule has 0 aliphatic rings. The van der Waals surface area contributed by atoms with Crippen molar-refractivity contribution < 1.29 is 9.90 Å². The Morgan fingerprint density at radius 3 is 2.25 bits per heavy atom. The molecule has 2 aromatic carbocycles. The third-order valence-corrected chi connectivity index (χ3v) is 4.48. The monoisotopic (exact) mass is 372 g/mol. The largest absolute Gasteiger partial charge is 0.481 e. The van der Waals surface area contributed by atoms with Crippen LogP contribution < -0.4 is 0 Å². The minimum atomic E-state index is -0.909. The minimum absolute atomic E-state index is 0.246. The Morgan fingerprint density at radius 1 is 1.10 bits per heavy atom. The van der Waals surface area contributed by atoms with Gasteiger partial charge in [0.1, 0.15) is 0 Å². The Bertz CT molecular complexity index is 623. The van der Waals surface area contributed by atoms with Crippen LogP contribution in [0, 0.1) is 0 Å². The Morgan fingerprint density at radius 2 is 1.70 bits per heavy atom. The zero-order valence-corrected chi connectivity index (χ0v) is 13.4. The second kappa shape index (κ2) is 6.61. The summed E-state index contributed by atoms with van der Waals surface area (Å²) in [5.74, 6) is -1.61. The van der Waals surface area contributed by atoms with Gasteiger partial charge in [0, 0.05) is 14.5 Å². The van der Waals surface area contributed by atoms with E-state index >= 15 is 0 Å². The first-order valence-corrected chi connectivity index (χ1v) is 7.45. The van der Waals surface area contributed by atoms with E-state index in [2.05, 4.69) is 15.9 Å². The first kappa shape index (κ1) is 15.4. The zero-order valence-electron chi connectivity index (χ0n) is 10.3. The zero-order chi connectivity index (χ0) is 14.7. The fourth-order valence-corrected chi connectivity index (χ4v) is 3.13. The van der Waals surface area contributed by atoms with E-state index in [0.717, 1.165) is 4.47 Å². The molecule has 0 radical (unpaired) electrons. The molecule has 1 atom stereocenters. The van der Waals surface area contributed by atoms with Gasteiger partial charge >= 0.3 is 5.97 Å². The molecule has 1 N–H and O–H groups in total. The maximum atomic E-state index is 11.6. The number of halogens is 3. The maximum absolute atomic E-state index is 11.6. The van der Waals surface area contributed by atoms with Crippen molar-refractivity contribution >= 4 is 45.1 Å². The average Bonchev–Trinajstić information content (AvgIpc) is 2.39. The van der Waals surface area contributed by atoms with Gasteiger partial charge in [-0.25, -0.2) is 0 Å². The topological polar surface area (TPSA) is 37.3 Å². The van der Waals surface area contributed by atoms with E-state index in [0.29, 0.717) is 21.2 Å². The standard InChI is InChI=1S/C15H11BrCl2O2/c16-12-5-2-1-4-9(12)10(15(19)20)8-11-13(17)6-3-7-14(11)18/h1-7,10H,8H2,(H,19,20). The van der Waals surface area contributed by atoms with E-state index in [4.69, 9.17) is 23.2 Å². The minimum Gasteiger partial charge on any atom is -0.481 e. The van der Waals surface area contributed by atoms with Crippen LogP contribution in [0.4, 0.5) is 0 Å². The van der Waals surface area contributed by atoms with E-state index in [1.807, 2.05) is 18.2 Å². The molecule has 2 nitrogen and oxygen atoms in total. The summed E-state index contributed by atoms with van der Waals surface area (Å²) >= 11 is 15.6. The smallest absolute Gasteiger partial charge is 0.311 e. The number of rotatable bonds is 4. The van der Waals surface area contributed by atoms with Gasteiger partial charge in [-0.2, -0.15) is 0 Å². The molecule has 20 heavy (non-hydrogen) atoms. The quantitative estimate of drug-likeness (QED) is 0.802. The van der Waals surface area contributed by atoms with Gasteiger partial charge in [-0.3, -0.25) is 4.79 Å². The normalized spacial score (nSPS) is 12.2. The van der Waals surface area contributed by atoms with Crippen LogP contribution in [-0.4, -0.2) is 11.1 Å². The fourth-order valence-electron chi connectivity index (χ4n) is 2.02. The van der Waals surface area contributed by atoms with E-state index in [1.54, 1.807) is 24.3 Å². The molecular formula is C15H11BrCl2O2. The summed E-state index contributed by atoms with van der Waals surface area (Å²) in [5.41, 5.74) is 1.36. The van der Waals surface area contributed by atoms with Crippen molar-refractivity contribution in [2.24, 2.45) is 0 Å². The molecule has 0 spiro atoms. The third kappa shape index (κ3) is 3.35. The van der Waals surface area contributed by atoms with Gasteiger partial charge < -0.3 is 5.11 Å². The lowest BCUT2D eigenvalue weighted by molar-refractivity contribution is -0.138. The van der Waals surface area contributed by atoms with Crippen molar-refractivity contribution in [3.05, 3.63) is 68.1 Å². The summed E-state index contributed by atoms with van der Waals surface area (Å²) in [6.45, 7) is 0. The summed E-state index contributed by atoms with van der Waals surface area (Å²) in [4.78, 5) is 11.6. The number of carbonyl (C=O) groups is 1. The van der Waals surface area contributed by atoms with Crippen LogP contribution in [0.5, 0.6) is 0 Å². The van der Waals surface area contributed by atoms with Gasteiger partial charge in [0.25, 0.3) is 0 Å². The number of benzene rings is 2. The maximum Gasteiger partial charge on any atom is 0.311 e. The Labute approximate surface area is 135 Å². The summed E-state index contributed by atoms with van der Waals surface area (Å²) in [6.07, 6.45) is 0.246. The molecule has 0 fully saturated rings. The van der Waals surface area contributed by atoms with Crippen LogP contribution in [-0.2, 0) is 11.2 Å². The molecule has 2 rings (SSSR count). The first-order chi connectivity index (χ1) is 9.50. The molecule has 1 unspecified atom stereocenters. The molecule has 0 aliphatic carbocycles. The third-order valence-electron chi connectivity index (χ3n) is 3.05. The summed E-state index contributed by atoms with van der Waals surface area (Å²) in [6, 6.07) is 12.4. The van der Waals surface area contributed by atoms with Crippen LogP contribution in [0.15, 0.2) is 46.9 Å². The van der Waals surface area contributed by atoms with Crippen molar-refractivity contribution in [2.45, 2.75) is 12.3 Å². The molecule has 0 saturated carbocycles. The number of hydrogen-bond acceptors (Lipinski definition) is 1. The highest BCUT2D eigenvalue weighted by Crippen LogP contribution is 2.33. The highest BCUT2D eigenvalue weighted by atomic mass is 79.9. The lowest BCUT2D eigenvalue weighted by atomic mass is 9.92. The average molecular weight is 374 g/mol. The molecule has 0 amide bonds. The van der Waals surface area contributed by atoms with Crippen molar-refractivity contribution in [3.63, 3.8) is 0 Å². The van der Waals surface area contributed by atoms with Gasteiger partial charge in [0.05, 0.1) is 5.92 Å². The predicted molar refractivity (Wildman–Crippen MR) is 84.7 cm³/mol. The van der Waals surface area contributed by atoms with Gasteiger partial charge in [-0.05, 0) is 35.7 Å². The van der Waals surface area contributed by atoms with Gasteiger partial charge in [-0.1, -0.05) is 63.4 Å². The highest BCUT2D eigenvalue weighted by molar-refractivity contribution is 9.10. The van der Waals surface area contributed by atoms with Crippen LogP contribution in [0.1, 0.15) is 17.0 Å². The first-order valence-electron chi connectivity index (χ1n) is 5.91. The highest BCUT2D eigenvalue weighted by Gasteiger charge is 2.24. The molecule has 0 aliphatic heterocycles. The van der Waals surface area contributed by atoms with E-state index in [-0.39, 0.29) is 6.42 Å². The van der Waals surface area contributed by atoms with E-state index < -0.39 is 11.9 Å². The molecular weight excluding hydrogens is 363 g/mol. The van der Waals surface area contributed by atoms with Gasteiger partial charge in [0.2, 0.25) is 0 Å². The molecule has 0 heterocycles. The Hall–Kier alpha value is -1.03. The fraction of sp³-hybridized carbons (Fsp3) is 0.133. The van der Waals surface area contributed by atoms with Crippen LogP contribution >= 0.6 is 39.1 Å². The van der Waals surface area contributed by atoms with Crippen LogP contribution in [0.2, 0.25) is 10.0 Å². The summed E-state index contributed by atoms with van der Waals surface area (Å²) in [7, 11) is 0. The lowest BCUT2D eigenvalue weighted by Crippen LogP contribution is -2.15. The van der Waals surface area contributed by atoms with Crippen molar-refractivity contribution in [1.82, 2.24) is 0 Å². The molecule has 0 bridgehead atoms. The van der Waals surface area contributed by atoms with E-state index in [9.17, 15) is 9.90 Å². The Kier molecular flexibility index (Phi) is 5.08. The van der Waals surface area contributed by atoms with Crippen molar-refractivity contribution in [3.8, 4) is 0 Å². The van der Waals surface area contributed by atoms with Crippen LogP contribution in [0.25, 0.3) is 0 Å². The molecule has 2 aromatic rings. The van der Waals surface area contributed by atoms with Crippen molar-refractivity contribution in [2.75, 3.05) is 0 Å². The molecule has 0 saturated heterocycles. The van der Waals surface area contributed by atoms with Gasteiger partial charge in [-0.15, -0.1) is 0 Å². The number of hydrogen-bond donors (Lipinski definition) is 1. The number of aliphatic carboxylic acids is 1. The second-order valence-corrected chi connectivity index (χ2v) is 5.99. The SMILES string of the molecule is O=C(O)C(Cc1c(Cl)cccc1Cl)c1ccccc1Br. The molecule has 5 heteroatoms. The van der Waals surface area contributed by atoms with Crippen molar-refractivity contribution in [1.29, 1.82) is 0 Å². The summed E-state index contributed by atoms with van der Waals surface area (Å²) in [5, 5.41) is 10.5. The number of carboxylic acid groups (broad SMARTS) is 1. The summed E-state index contributed by atoms with van der Waals surface area (Å²) < 4.78 is 0.760. The van der Waals surface area contributed by atoms with E-state index in [1.165, 1.54) is 0 Å². The van der Waals surface area contributed by atoms with Crippen LogP contribution in [0.3, 0.4) is 0 Å². The molecule has 104 valence electrons. The predicted octanol–water partition coefficient (Wildman–Crippen LogP) is 5.17. The number of carboxylic acids is 1. The van der Waals surface area contributed by atoms with Gasteiger partial charge in [0.15, 0.2) is 0 Å². The Balaban J connectivity index is 2.42. The lowest BCUT2D eigenvalue weighted by Gasteiger charge is -2.16.